The third-order valence-corrected chi connectivity index (χ3v) is 7.48. The Bertz CT molecular complexity index is 1520. The van der Waals surface area contributed by atoms with E-state index in [1.54, 1.807) is 0 Å². The Morgan fingerprint density at radius 2 is 1.40 bits per heavy atom. The van der Waals surface area contributed by atoms with Crippen molar-refractivity contribution >= 4 is 21.9 Å². The van der Waals surface area contributed by atoms with Crippen molar-refractivity contribution in [1.29, 1.82) is 0 Å². The van der Waals surface area contributed by atoms with Crippen LogP contribution in [0.3, 0.4) is 0 Å². The summed E-state index contributed by atoms with van der Waals surface area (Å²) >= 11 is 0. The predicted octanol–water partition coefficient (Wildman–Crippen LogP) is -0.567. The van der Waals surface area contributed by atoms with Gasteiger partial charge < -0.3 is 68.6 Å². The second-order valence-electron chi connectivity index (χ2n) is 10.2. The molecule has 0 unspecified atom stereocenters. The van der Waals surface area contributed by atoms with E-state index < -0.39 is 78.3 Å². The lowest BCUT2D eigenvalue weighted by Gasteiger charge is -2.45. The number of aliphatic hydroxyl groups excluding tert-OH is 5. The van der Waals surface area contributed by atoms with Gasteiger partial charge in [0.2, 0.25) is 17.5 Å². The van der Waals surface area contributed by atoms with E-state index in [0.717, 1.165) is 6.07 Å². The Labute approximate surface area is 237 Å². The highest BCUT2D eigenvalue weighted by Crippen LogP contribution is 2.43. The summed E-state index contributed by atoms with van der Waals surface area (Å²) in [6, 6.07) is 3.68. The number of hydrogen-bond donors (Lipinski definition) is 7. The normalized spacial score (nSPS) is 33.5. The van der Waals surface area contributed by atoms with Gasteiger partial charge in [-0.3, -0.25) is 4.79 Å². The average Bonchev–Trinajstić information content (AvgIpc) is 2.95. The molecule has 2 aliphatic heterocycles. The molecule has 0 radical (unpaired) electrons. The fourth-order valence-electron chi connectivity index (χ4n) is 5.08. The molecule has 7 N–H and O–H groups in total. The molecular weight excluding hydrogens is 564 g/mol. The predicted molar refractivity (Wildman–Crippen MR) is 141 cm³/mol. The lowest BCUT2D eigenvalue weighted by molar-refractivity contribution is -0.346. The molecule has 2 aliphatic rings. The minimum absolute atomic E-state index is 0.0110. The summed E-state index contributed by atoms with van der Waals surface area (Å²) in [7, 11) is 2.51. The van der Waals surface area contributed by atoms with Crippen LogP contribution in [0.4, 0.5) is 0 Å². The van der Waals surface area contributed by atoms with Crippen LogP contribution in [0.15, 0.2) is 27.4 Å². The lowest BCUT2D eigenvalue weighted by Crippen LogP contribution is -2.63. The molecule has 15 nitrogen and oxygen atoms in total. The first-order valence-corrected chi connectivity index (χ1v) is 13.0. The molecule has 5 rings (SSSR count). The van der Waals surface area contributed by atoms with Gasteiger partial charge in [-0.1, -0.05) is 0 Å². The zero-order valence-electron chi connectivity index (χ0n) is 22.9. The van der Waals surface area contributed by atoms with Crippen molar-refractivity contribution in [2.45, 2.75) is 75.3 Å². The SMILES string of the molecule is COc1cc2c(=O)c3c(O)c(OC)c(O)cc3oc2cc1O[C@@H]1O[C@@H](C)[C@H](O)[C@@H](O[C@@H]2O[C@@H](C)[C@H](O)[C@@H](O)[C@H]2O)[C@H]1O. The quantitative estimate of drug-likeness (QED) is 0.177. The molecule has 1 aromatic heterocycles. The number of rotatable bonds is 6. The number of phenols is 2. The van der Waals surface area contributed by atoms with E-state index in [0.29, 0.717) is 0 Å². The van der Waals surface area contributed by atoms with Crippen molar-refractivity contribution in [2.24, 2.45) is 0 Å². The highest BCUT2D eigenvalue weighted by atomic mass is 16.7. The van der Waals surface area contributed by atoms with Crippen LogP contribution in [-0.4, -0.2) is 111 Å². The second kappa shape index (κ2) is 11.3. The summed E-state index contributed by atoms with van der Waals surface area (Å²) in [6.07, 6.45) is -14.1. The van der Waals surface area contributed by atoms with Gasteiger partial charge in [0.05, 0.1) is 31.8 Å². The van der Waals surface area contributed by atoms with Gasteiger partial charge in [0.25, 0.3) is 0 Å². The second-order valence-corrected chi connectivity index (χ2v) is 10.2. The number of hydrogen-bond acceptors (Lipinski definition) is 15. The van der Waals surface area contributed by atoms with E-state index in [1.807, 2.05) is 0 Å². The van der Waals surface area contributed by atoms with E-state index >= 15 is 0 Å². The van der Waals surface area contributed by atoms with E-state index in [9.17, 15) is 40.5 Å². The van der Waals surface area contributed by atoms with Crippen LogP contribution < -0.4 is 19.6 Å². The summed E-state index contributed by atoms with van der Waals surface area (Å²) in [5, 5.41) is 72.6. The van der Waals surface area contributed by atoms with Gasteiger partial charge in [-0.25, -0.2) is 0 Å². The number of aliphatic hydroxyl groups is 5. The van der Waals surface area contributed by atoms with E-state index in [4.69, 9.17) is 32.8 Å². The van der Waals surface area contributed by atoms with Gasteiger partial charge in [0, 0.05) is 12.1 Å². The molecule has 0 spiro atoms. The summed E-state index contributed by atoms with van der Waals surface area (Å²) in [6.45, 7) is 2.94. The van der Waals surface area contributed by atoms with Crippen LogP contribution >= 0.6 is 0 Å². The van der Waals surface area contributed by atoms with Crippen molar-refractivity contribution in [1.82, 2.24) is 0 Å². The number of fused-ring (bicyclic) bond motifs is 2. The maximum Gasteiger partial charge on any atom is 0.229 e. The Kier molecular flexibility index (Phi) is 8.12. The van der Waals surface area contributed by atoms with E-state index in [2.05, 4.69) is 0 Å². The minimum atomic E-state index is -1.69. The van der Waals surface area contributed by atoms with Crippen LogP contribution in [0.1, 0.15) is 13.8 Å². The number of methoxy groups -OCH3 is 2. The van der Waals surface area contributed by atoms with Crippen LogP contribution in [0.25, 0.3) is 21.9 Å². The van der Waals surface area contributed by atoms with Crippen molar-refractivity contribution < 1.29 is 68.6 Å². The molecule has 0 saturated carbocycles. The maximum absolute atomic E-state index is 13.3. The summed E-state index contributed by atoms with van der Waals surface area (Å²) in [5.41, 5.74) is -0.830. The standard InChI is InChI=1S/C27H32O15/c1-8-17(29)21(33)22(34)26(38-8)42-25-18(30)9(2)39-27(23(25)35)41-14-7-12-10(5-13(14)36-3)19(31)16-15(40-12)6-11(28)24(37-4)20(16)32/h5-9,17-18,21-23,25-30,32-35H,1-4H3/t8-,9-,17-,18-,21+,22+,23+,25+,26-,27-/m0/s1. The minimum Gasteiger partial charge on any atom is -0.504 e. The van der Waals surface area contributed by atoms with Crippen LogP contribution in [0, 0.1) is 0 Å². The van der Waals surface area contributed by atoms with Crippen molar-refractivity contribution in [3.8, 4) is 28.7 Å². The molecule has 2 saturated heterocycles. The zero-order chi connectivity index (χ0) is 30.6. The molecule has 3 heterocycles. The van der Waals surface area contributed by atoms with Gasteiger partial charge in [0.15, 0.2) is 29.3 Å². The molecule has 10 atom stereocenters. The molecule has 2 aromatic carbocycles. The summed E-state index contributed by atoms with van der Waals surface area (Å²) in [4.78, 5) is 13.3. The van der Waals surface area contributed by atoms with Gasteiger partial charge in [-0.2, -0.15) is 0 Å². The smallest absolute Gasteiger partial charge is 0.229 e. The van der Waals surface area contributed by atoms with Crippen LogP contribution in [0.2, 0.25) is 0 Å². The molecule has 0 amide bonds. The van der Waals surface area contributed by atoms with Gasteiger partial charge in [-0.15, -0.1) is 0 Å². The maximum atomic E-state index is 13.3. The van der Waals surface area contributed by atoms with Crippen molar-refractivity contribution in [3.63, 3.8) is 0 Å². The first-order chi connectivity index (χ1) is 19.9. The fraction of sp³-hybridized carbons (Fsp3) is 0.519. The van der Waals surface area contributed by atoms with Crippen molar-refractivity contribution in [3.05, 3.63) is 28.4 Å². The van der Waals surface area contributed by atoms with E-state index in [-0.39, 0.29) is 39.2 Å². The Morgan fingerprint density at radius 1 is 0.738 bits per heavy atom. The molecule has 42 heavy (non-hydrogen) atoms. The molecule has 0 bridgehead atoms. The average molecular weight is 597 g/mol. The first-order valence-electron chi connectivity index (χ1n) is 13.0. The molecule has 0 aliphatic carbocycles. The van der Waals surface area contributed by atoms with Crippen LogP contribution in [0.5, 0.6) is 28.7 Å². The third kappa shape index (κ3) is 4.97. The third-order valence-electron chi connectivity index (χ3n) is 7.48. The van der Waals surface area contributed by atoms with Gasteiger partial charge >= 0.3 is 0 Å². The Morgan fingerprint density at radius 3 is 2.07 bits per heavy atom. The zero-order valence-corrected chi connectivity index (χ0v) is 22.9. The molecule has 230 valence electrons. The fourth-order valence-corrected chi connectivity index (χ4v) is 5.08. The largest absolute Gasteiger partial charge is 0.504 e. The molecule has 2 fully saturated rings. The first kappa shape index (κ1) is 30.1. The number of ether oxygens (including phenoxy) is 6. The van der Waals surface area contributed by atoms with Crippen molar-refractivity contribution in [2.75, 3.05) is 14.2 Å². The highest BCUT2D eigenvalue weighted by Gasteiger charge is 2.50. The molecule has 15 heteroatoms. The number of benzene rings is 2. The van der Waals surface area contributed by atoms with Crippen LogP contribution in [-0.2, 0) is 14.2 Å². The van der Waals surface area contributed by atoms with E-state index in [1.165, 1.54) is 40.2 Å². The number of phenolic OH excluding ortho intramolecular Hbond substituents is 2. The molecule has 3 aromatic rings. The highest BCUT2D eigenvalue weighted by molar-refractivity contribution is 5.96. The summed E-state index contributed by atoms with van der Waals surface area (Å²) < 4.78 is 38.8. The number of aromatic hydroxyl groups is 2. The summed E-state index contributed by atoms with van der Waals surface area (Å²) in [5.74, 6) is -1.41. The molecular formula is C27H32O15. The lowest BCUT2D eigenvalue weighted by atomic mass is 9.97. The van der Waals surface area contributed by atoms with Gasteiger partial charge in [0.1, 0.15) is 53.2 Å². The van der Waals surface area contributed by atoms with Gasteiger partial charge in [-0.05, 0) is 19.9 Å². The Balaban J connectivity index is 1.48. The monoisotopic (exact) mass is 596 g/mol. The Hall–Kier alpha value is -3.41. The topological polar surface area (TPSA) is 227 Å².